The van der Waals surface area contributed by atoms with Crippen molar-refractivity contribution in [2.45, 2.75) is 44.8 Å². The molecule has 0 amide bonds. The lowest BCUT2D eigenvalue weighted by Crippen LogP contribution is -2.59. The Morgan fingerprint density at radius 2 is 2.20 bits per heavy atom. The van der Waals surface area contributed by atoms with Gasteiger partial charge in [-0.2, -0.15) is 0 Å². The molecule has 2 atom stereocenters. The maximum Gasteiger partial charge on any atom is 0.147 e. The van der Waals surface area contributed by atoms with E-state index in [2.05, 4.69) is 27.0 Å². The van der Waals surface area contributed by atoms with Crippen LogP contribution in [0.5, 0.6) is 0 Å². The van der Waals surface area contributed by atoms with Gasteiger partial charge in [-0.05, 0) is 33.4 Å². The first-order chi connectivity index (χ1) is 9.78. The van der Waals surface area contributed by atoms with Gasteiger partial charge in [0, 0.05) is 37.9 Å². The predicted molar refractivity (Wildman–Crippen MR) is 80.8 cm³/mol. The van der Waals surface area contributed by atoms with Crippen LogP contribution in [0.2, 0.25) is 0 Å². The zero-order valence-electron chi connectivity index (χ0n) is 12.5. The molecule has 1 aromatic heterocycles. The van der Waals surface area contributed by atoms with Crippen molar-refractivity contribution < 1.29 is 0 Å². The highest BCUT2D eigenvalue weighted by atomic mass is 15.3. The van der Waals surface area contributed by atoms with Gasteiger partial charge in [-0.3, -0.25) is 9.88 Å². The van der Waals surface area contributed by atoms with Crippen LogP contribution in [0.3, 0.4) is 0 Å². The number of fused-ring (bicyclic) bond motifs is 1. The van der Waals surface area contributed by atoms with Crippen molar-refractivity contribution in [1.82, 2.24) is 20.2 Å². The smallest absolute Gasteiger partial charge is 0.147 e. The van der Waals surface area contributed by atoms with Crippen LogP contribution in [-0.2, 0) is 6.54 Å². The van der Waals surface area contributed by atoms with Crippen LogP contribution in [0.4, 0.5) is 5.82 Å². The van der Waals surface area contributed by atoms with Crippen molar-refractivity contribution in [2.75, 3.05) is 31.6 Å². The molecule has 3 rings (SSSR count). The first-order valence-corrected chi connectivity index (χ1v) is 7.74. The SMILES string of the molecule is CNCc1cncc(N2CC3CCCCN3CC2C)n1. The predicted octanol–water partition coefficient (Wildman–Crippen LogP) is 1.26. The molecule has 5 heteroatoms. The van der Waals surface area contributed by atoms with E-state index in [1.165, 1.54) is 25.8 Å². The summed E-state index contributed by atoms with van der Waals surface area (Å²) >= 11 is 0. The normalized spacial score (nSPS) is 27.4. The molecule has 0 aromatic carbocycles. The highest BCUT2D eigenvalue weighted by molar-refractivity contribution is 5.39. The van der Waals surface area contributed by atoms with E-state index in [1.807, 2.05) is 19.4 Å². The Kier molecular flexibility index (Phi) is 4.17. The van der Waals surface area contributed by atoms with Gasteiger partial charge < -0.3 is 10.2 Å². The Bertz CT molecular complexity index is 450. The Morgan fingerprint density at radius 3 is 3.05 bits per heavy atom. The van der Waals surface area contributed by atoms with Crippen LogP contribution in [0, 0.1) is 0 Å². The largest absolute Gasteiger partial charge is 0.350 e. The fourth-order valence-corrected chi connectivity index (χ4v) is 3.47. The Hall–Kier alpha value is -1.20. The highest BCUT2D eigenvalue weighted by Gasteiger charge is 2.33. The maximum atomic E-state index is 4.76. The van der Waals surface area contributed by atoms with Crippen LogP contribution >= 0.6 is 0 Å². The van der Waals surface area contributed by atoms with Gasteiger partial charge >= 0.3 is 0 Å². The molecule has 0 saturated carbocycles. The van der Waals surface area contributed by atoms with Crippen molar-refractivity contribution in [3.8, 4) is 0 Å². The minimum absolute atomic E-state index is 0.517. The van der Waals surface area contributed by atoms with Crippen molar-refractivity contribution in [3.05, 3.63) is 18.1 Å². The van der Waals surface area contributed by atoms with Gasteiger partial charge in [0.25, 0.3) is 0 Å². The van der Waals surface area contributed by atoms with Crippen molar-refractivity contribution in [1.29, 1.82) is 0 Å². The first kappa shape index (κ1) is 13.8. The molecule has 0 aliphatic carbocycles. The fraction of sp³-hybridized carbons (Fsp3) is 0.733. The molecule has 1 aromatic rings. The van der Waals surface area contributed by atoms with Gasteiger partial charge in [0.1, 0.15) is 5.82 Å². The second kappa shape index (κ2) is 6.06. The average molecular weight is 275 g/mol. The number of piperidine rings is 1. The van der Waals surface area contributed by atoms with E-state index in [0.717, 1.165) is 31.1 Å². The van der Waals surface area contributed by atoms with E-state index in [4.69, 9.17) is 4.98 Å². The fourth-order valence-electron chi connectivity index (χ4n) is 3.47. The summed E-state index contributed by atoms with van der Waals surface area (Å²) in [5, 5.41) is 3.14. The minimum Gasteiger partial charge on any atom is -0.350 e. The summed E-state index contributed by atoms with van der Waals surface area (Å²) in [5.74, 6) is 1.04. The summed E-state index contributed by atoms with van der Waals surface area (Å²) in [4.78, 5) is 14.2. The number of aromatic nitrogens is 2. The number of nitrogens with zero attached hydrogens (tertiary/aromatic N) is 4. The van der Waals surface area contributed by atoms with Gasteiger partial charge in [0.05, 0.1) is 11.9 Å². The van der Waals surface area contributed by atoms with E-state index in [0.29, 0.717) is 12.1 Å². The minimum atomic E-state index is 0.517. The third kappa shape index (κ3) is 2.79. The lowest BCUT2D eigenvalue weighted by atomic mass is 9.97. The average Bonchev–Trinajstić information content (AvgIpc) is 2.47. The molecule has 20 heavy (non-hydrogen) atoms. The zero-order chi connectivity index (χ0) is 13.9. The highest BCUT2D eigenvalue weighted by Crippen LogP contribution is 2.26. The topological polar surface area (TPSA) is 44.3 Å². The van der Waals surface area contributed by atoms with Gasteiger partial charge in [0.2, 0.25) is 0 Å². The molecular weight excluding hydrogens is 250 g/mol. The van der Waals surface area contributed by atoms with Gasteiger partial charge in [0.15, 0.2) is 0 Å². The molecule has 110 valence electrons. The van der Waals surface area contributed by atoms with Crippen LogP contribution in [-0.4, -0.2) is 53.6 Å². The Balaban J connectivity index is 1.76. The van der Waals surface area contributed by atoms with E-state index >= 15 is 0 Å². The molecule has 2 aliphatic rings. The number of piperazine rings is 1. The van der Waals surface area contributed by atoms with E-state index in [1.54, 1.807) is 0 Å². The van der Waals surface area contributed by atoms with Gasteiger partial charge in [-0.15, -0.1) is 0 Å². The summed E-state index contributed by atoms with van der Waals surface area (Å²) in [7, 11) is 1.94. The van der Waals surface area contributed by atoms with Crippen LogP contribution < -0.4 is 10.2 Å². The molecule has 3 heterocycles. The lowest BCUT2D eigenvalue weighted by molar-refractivity contribution is 0.115. The second-order valence-electron chi connectivity index (χ2n) is 6.04. The monoisotopic (exact) mass is 275 g/mol. The van der Waals surface area contributed by atoms with Crippen LogP contribution in [0.15, 0.2) is 12.4 Å². The molecule has 0 spiro atoms. The quantitative estimate of drug-likeness (QED) is 0.900. The molecule has 2 fully saturated rings. The zero-order valence-corrected chi connectivity index (χ0v) is 12.5. The molecule has 2 saturated heterocycles. The number of rotatable bonds is 3. The maximum absolute atomic E-state index is 4.76. The molecule has 1 N–H and O–H groups in total. The molecule has 5 nitrogen and oxygen atoms in total. The van der Waals surface area contributed by atoms with Crippen LogP contribution in [0.1, 0.15) is 31.9 Å². The van der Waals surface area contributed by atoms with E-state index in [9.17, 15) is 0 Å². The Morgan fingerprint density at radius 1 is 1.30 bits per heavy atom. The van der Waals surface area contributed by atoms with E-state index < -0.39 is 0 Å². The number of nitrogens with one attached hydrogen (secondary N) is 1. The summed E-state index contributed by atoms with van der Waals surface area (Å²) in [5.41, 5.74) is 1.02. The molecule has 2 unspecified atom stereocenters. The molecular formula is C15H25N5. The van der Waals surface area contributed by atoms with Crippen molar-refractivity contribution in [2.24, 2.45) is 0 Å². The third-order valence-corrected chi connectivity index (χ3v) is 4.51. The second-order valence-corrected chi connectivity index (χ2v) is 6.04. The lowest BCUT2D eigenvalue weighted by Gasteiger charge is -2.47. The summed E-state index contributed by atoms with van der Waals surface area (Å²) in [6.45, 7) is 6.60. The van der Waals surface area contributed by atoms with Gasteiger partial charge in [-0.1, -0.05) is 6.42 Å². The number of hydrogen-bond donors (Lipinski definition) is 1. The molecule has 0 bridgehead atoms. The van der Waals surface area contributed by atoms with Crippen molar-refractivity contribution >= 4 is 5.82 Å². The standard InChI is InChI=1S/C15H25N5/c1-12-10-19-6-4-3-5-14(19)11-20(12)15-9-17-8-13(18-15)7-16-2/h8-9,12,14,16H,3-7,10-11H2,1-2H3. The first-order valence-electron chi connectivity index (χ1n) is 7.74. The summed E-state index contributed by atoms with van der Waals surface area (Å²) in [6.07, 6.45) is 7.82. The van der Waals surface area contributed by atoms with Gasteiger partial charge in [-0.25, -0.2) is 4.98 Å². The Labute approximate surface area is 121 Å². The molecule has 0 radical (unpaired) electrons. The summed E-state index contributed by atoms with van der Waals surface area (Å²) < 4.78 is 0. The number of anilines is 1. The van der Waals surface area contributed by atoms with E-state index in [-0.39, 0.29) is 0 Å². The molecule has 2 aliphatic heterocycles. The van der Waals surface area contributed by atoms with Crippen LogP contribution in [0.25, 0.3) is 0 Å². The third-order valence-electron chi connectivity index (χ3n) is 4.51. The summed E-state index contributed by atoms with van der Waals surface area (Å²) in [6, 6.07) is 1.22. The van der Waals surface area contributed by atoms with Crippen molar-refractivity contribution in [3.63, 3.8) is 0 Å². The number of hydrogen-bond acceptors (Lipinski definition) is 5.